The molecule has 2 nitrogen and oxygen atoms in total. The van der Waals surface area contributed by atoms with Crippen LogP contribution in [0.15, 0.2) is 24.3 Å². The molecular formula is C18H30N2. The highest BCUT2D eigenvalue weighted by Gasteiger charge is 2.31. The van der Waals surface area contributed by atoms with Crippen LogP contribution in [0.1, 0.15) is 50.8 Å². The molecule has 0 radical (unpaired) electrons. The van der Waals surface area contributed by atoms with E-state index in [-0.39, 0.29) is 6.04 Å². The van der Waals surface area contributed by atoms with E-state index in [1.807, 2.05) is 0 Å². The van der Waals surface area contributed by atoms with Gasteiger partial charge >= 0.3 is 0 Å². The van der Waals surface area contributed by atoms with Crippen LogP contribution in [-0.4, -0.2) is 24.0 Å². The predicted octanol–water partition coefficient (Wildman–Crippen LogP) is 3.75. The Hall–Kier alpha value is -0.860. The number of piperidine rings is 1. The van der Waals surface area contributed by atoms with Crippen molar-refractivity contribution in [3.8, 4) is 0 Å². The van der Waals surface area contributed by atoms with Gasteiger partial charge in [-0.25, -0.2) is 0 Å². The standard InChI is InChI=1S/C18H30N2/c1-5-17(19)18(16-8-6-7-13(2)10-16)20-11-14(3)9-15(4)12-20/h6-8,10,14-15,17-18H,5,9,11-12,19H2,1-4H3. The van der Waals surface area contributed by atoms with E-state index in [4.69, 9.17) is 5.73 Å². The Morgan fingerprint density at radius 3 is 2.45 bits per heavy atom. The number of likely N-dealkylation sites (tertiary alicyclic amines) is 1. The molecule has 112 valence electrons. The Bertz CT molecular complexity index is 419. The van der Waals surface area contributed by atoms with Gasteiger partial charge in [0.25, 0.3) is 0 Å². The van der Waals surface area contributed by atoms with E-state index in [0.717, 1.165) is 18.3 Å². The molecule has 4 unspecified atom stereocenters. The van der Waals surface area contributed by atoms with Gasteiger partial charge in [-0.1, -0.05) is 50.6 Å². The summed E-state index contributed by atoms with van der Waals surface area (Å²) in [6.45, 7) is 11.5. The fourth-order valence-electron chi connectivity index (χ4n) is 3.74. The summed E-state index contributed by atoms with van der Waals surface area (Å²) < 4.78 is 0. The van der Waals surface area contributed by atoms with Gasteiger partial charge in [0, 0.05) is 25.2 Å². The van der Waals surface area contributed by atoms with Crippen molar-refractivity contribution in [2.75, 3.05) is 13.1 Å². The van der Waals surface area contributed by atoms with Gasteiger partial charge in [-0.3, -0.25) is 4.90 Å². The zero-order valence-corrected chi connectivity index (χ0v) is 13.5. The molecule has 0 amide bonds. The third-order valence-corrected chi connectivity index (χ3v) is 4.55. The van der Waals surface area contributed by atoms with Gasteiger partial charge in [-0.2, -0.15) is 0 Å². The molecule has 0 saturated carbocycles. The van der Waals surface area contributed by atoms with Crippen molar-refractivity contribution in [3.05, 3.63) is 35.4 Å². The molecule has 1 aliphatic rings. The molecule has 20 heavy (non-hydrogen) atoms. The summed E-state index contributed by atoms with van der Waals surface area (Å²) in [4.78, 5) is 2.63. The summed E-state index contributed by atoms with van der Waals surface area (Å²) in [5, 5.41) is 0. The minimum atomic E-state index is 0.217. The lowest BCUT2D eigenvalue weighted by Gasteiger charge is -2.42. The van der Waals surface area contributed by atoms with Crippen molar-refractivity contribution >= 4 is 0 Å². The lowest BCUT2D eigenvalue weighted by Crippen LogP contribution is -2.47. The van der Waals surface area contributed by atoms with Crippen molar-refractivity contribution in [1.82, 2.24) is 4.90 Å². The third kappa shape index (κ3) is 3.62. The first kappa shape index (κ1) is 15.5. The summed E-state index contributed by atoms with van der Waals surface area (Å²) in [6.07, 6.45) is 2.37. The summed E-state index contributed by atoms with van der Waals surface area (Å²) in [5.41, 5.74) is 9.20. The lowest BCUT2D eigenvalue weighted by molar-refractivity contribution is 0.0810. The fraction of sp³-hybridized carbons (Fsp3) is 0.667. The van der Waals surface area contributed by atoms with Gasteiger partial charge in [-0.15, -0.1) is 0 Å². The number of nitrogens with zero attached hydrogens (tertiary/aromatic N) is 1. The predicted molar refractivity (Wildman–Crippen MR) is 86.7 cm³/mol. The molecule has 2 N–H and O–H groups in total. The van der Waals surface area contributed by atoms with Crippen molar-refractivity contribution in [3.63, 3.8) is 0 Å². The van der Waals surface area contributed by atoms with E-state index in [2.05, 4.69) is 56.9 Å². The van der Waals surface area contributed by atoms with Gasteiger partial charge in [0.05, 0.1) is 0 Å². The highest BCUT2D eigenvalue weighted by molar-refractivity contribution is 5.26. The SMILES string of the molecule is CCC(N)C(c1cccc(C)c1)N1CC(C)CC(C)C1. The quantitative estimate of drug-likeness (QED) is 0.906. The molecule has 0 aromatic heterocycles. The largest absolute Gasteiger partial charge is 0.326 e. The van der Waals surface area contributed by atoms with Gasteiger partial charge in [0.1, 0.15) is 0 Å². The first-order chi connectivity index (χ1) is 9.51. The van der Waals surface area contributed by atoms with E-state index in [0.29, 0.717) is 6.04 Å². The van der Waals surface area contributed by atoms with E-state index in [1.54, 1.807) is 0 Å². The molecule has 1 aromatic carbocycles. The van der Waals surface area contributed by atoms with E-state index in [9.17, 15) is 0 Å². The molecule has 4 atom stereocenters. The van der Waals surface area contributed by atoms with E-state index >= 15 is 0 Å². The topological polar surface area (TPSA) is 29.3 Å². The molecule has 1 aromatic rings. The Kier molecular flexibility index (Phi) is 5.22. The Morgan fingerprint density at radius 1 is 1.25 bits per heavy atom. The van der Waals surface area contributed by atoms with Crippen molar-refractivity contribution < 1.29 is 0 Å². The molecular weight excluding hydrogens is 244 g/mol. The van der Waals surface area contributed by atoms with Crippen molar-refractivity contribution in [2.45, 2.75) is 52.6 Å². The fourth-order valence-corrected chi connectivity index (χ4v) is 3.74. The highest BCUT2D eigenvalue weighted by atomic mass is 15.2. The second kappa shape index (κ2) is 6.73. The summed E-state index contributed by atoms with van der Waals surface area (Å²) in [6, 6.07) is 9.47. The first-order valence-electron chi connectivity index (χ1n) is 8.07. The van der Waals surface area contributed by atoms with Crippen molar-refractivity contribution in [2.24, 2.45) is 17.6 Å². The average molecular weight is 274 g/mol. The molecule has 1 fully saturated rings. The lowest BCUT2D eigenvalue weighted by atomic mass is 9.87. The van der Waals surface area contributed by atoms with Crippen LogP contribution in [0, 0.1) is 18.8 Å². The zero-order valence-electron chi connectivity index (χ0n) is 13.5. The Morgan fingerprint density at radius 2 is 1.90 bits per heavy atom. The summed E-state index contributed by atoms with van der Waals surface area (Å²) >= 11 is 0. The number of benzene rings is 1. The van der Waals surface area contributed by atoms with E-state index < -0.39 is 0 Å². The van der Waals surface area contributed by atoms with Crippen LogP contribution in [0.5, 0.6) is 0 Å². The number of aryl methyl sites for hydroxylation is 1. The minimum Gasteiger partial charge on any atom is -0.326 e. The van der Waals surface area contributed by atoms with Crippen LogP contribution >= 0.6 is 0 Å². The molecule has 0 aliphatic carbocycles. The van der Waals surface area contributed by atoms with Crippen LogP contribution < -0.4 is 5.73 Å². The zero-order chi connectivity index (χ0) is 14.7. The maximum Gasteiger partial charge on any atom is 0.0499 e. The maximum atomic E-state index is 6.48. The number of hydrogen-bond acceptors (Lipinski definition) is 2. The van der Waals surface area contributed by atoms with Crippen LogP contribution in [0.2, 0.25) is 0 Å². The molecule has 0 bridgehead atoms. The normalized spacial score (nSPS) is 27.2. The Labute approximate surface area is 124 Å². The second-order valence-corrected chi connectivity index (χ2v) is 6.83. The first-order valence-corrected chi connectivity index (χ1v) is 8.07. The van der Waals surface area contributed by atoms with Gasteiger partial charge in [0.2, 0.25) is 0 Å². The number of hydrogen-bond donors (Lipinski definition) is 1. The molecule has 2 rings (SSSR count). The average Bonchev–Trinajstić information content (AvgIpc) is 2.37. The summed E-state index contributed by atoms with van der Waals surface area (Å²) in [5.74, 6) is 1.55. The van der Waals surface area contributed by atoms with Crippen LogP contribution in [0.25, 0.3) is 0 Å². The van der Waals surface area contributed by atoms with Gasteiger partial charge < -0.3 is 5.73 Å². The van der Waals surface area contributed by atoms with Crippen LogP contribution in [0.3, 0.4) is 0 Å². The third-order valence-electron chi connectivity index (χ3n) is 4.55. The molecule has 1 saturated heterocycles. The van der Waals surface area contributed by atoms with E-state index in [1.165, 1.54) is 30.6 Å². The highest BCUT2D eigenvalue weighted by Crippen LogP contribution is 2.32. The monoisotopic (exact) mass is 274 g/mol. The number of rotatable bonds is 4. The molecule has 1 aliphatic heterocycles. The molecule has 1 heterocycles. The van der Waals surface area contributed by atoms with Crippen molar-refractivity contribution in [1.29, 1.82) is 0 Å². The van der Waals surface area contributed by atoms with Gasteiger partial charge in [-0.05, 0) is 37.2 Å². The number of nitrogens with two attached hydrogens (primary N) is 1. The second-order valence-electron chi connectivity index (χ2n) is 6.83. The van der Waals surface area contributed by atoms with Crippen LogP contribution in [-0.2, 0) is 0 Å². The Balaban J connectivity index is 2.27. The minimum absolute atomic E-state index is 0.217. The molecule has 0 spiro atoms. The smallest absolute Gasteiger partial charge is 0.0499 e. The van der Waals surface area contributed by atoms with Gasteiger partial charge in [0.15, 0.2) is 0 Å². The maximum absolute atomic E-state index is 6.48. The molecule has 2 heteroatoms. The summed E-state index contributed by atoms with van der Waals surface area (Å²) in [7, 11) is 0. The van der Waals surface area contributed by atoms with Crippen LogP contribution in [0.4, 0.5) is 0 Å².